The van der Waals surface area contributed by atoms with E-state index in [0.717, 1.165) is 37.6 Å². The number of carbonyl (C=O) groups is 2. The number of ether oxygens (including phenoxy) is 1. The smallest absolute Gasteiger partial charge is 0.223 e. The van der Waals surface area contributed by atoms with Gasteiger partial charge in [0.1, 0.15) is 5.69 Å². The number of anilines is 1. The van der Waals surface area contributed by atoms with Crippen LogP contribution in [0, 0.1) is 0 Å². The van der Waals surface area contributed by atoms with E-state index in [2.05, 4.69) is 9.88 Å². The van der Waals surface area contributed by atoms with E-state index in [1.165, 1.54) is 6.20 Å². The molecule has 0 amide bonds. The van der Waals surface area contributed by atoms with Crippen LogP contribution >= 0.6 is 11.6 Å². The molecule has 132 valence electrons. The summed E-state index contributed by atoms with van der Waals surface area (Å²) in [5, 5.41) is -0.0292. The maximum absolute atomic E-state index is 12.7. The van der Waals surface area contributed by atoms with E-state index in [9.17, 15) is 9.59 Å². The van der Waals surface area contributed by atoms with E-state index in [1.54, 1.807) is 12.1 Å². The summed E-state index contributed by atoms with van der Waals surface area (Å²) in [6.45, 7) is 3.20. The number of hydrogen-bond donors (Lipinski definition) is 0. The summed E-state index contributed by atoms with van der Waals surface area (Å²) in [7, 11) is 0. The Morgan fingerprint density at radius 3 is 2.50 bits per heavy atom. The average Bonchev–Trinajstić information content (AvgIpc) is 2.71. The topological polar surface area (TPSA) is 59.5 Å². The number of halogens is 1. The molecule has 0 saturated carbocycles. The molecule has 5 nitrogen and oxygen atoms in total. The highest BCUT2D eigenvalue weighted by atomic mass is 35.5. The van der Waals surface area contributed by atoms with Crippen LogP contribution in [0.25, 0.3) is 0 Å². The zero-order chi connectivity index (χ0) is 18.1. The van der Waals surface area contributed by atoms with E-state index in [-0.39, 0.29) is 22.3 Å². The minimum atomic E-state index is -0.387. The fraction of sp³-hybridized carbons (Fsp3) is 0.250. The van der Waals surface area contributed by atoms with Crippen LogP contribution in [0.5, 0.6) is 0 Å². The van der Waals surface area contributed by atoms with Crippen molar-refractivity contribution in [3.63, 3.8) is 0 Å². The van der Waals surface area contributed by atoms with Crippen molar-refractivity contribution in [3.05, 3.63) is 70.0 Å². The molecule has 0 unspecified atom stereocenters. The number of ketones is 2. The third-order valence-corrected chi connectivity index (χ3v) is 5.10. The number of allylic oxidation sites excluding steroid dienone is 2. The van der Waals surface area contributed by atoms with Gasteiger partial charge >= 0.3 is 0 Å². The second-order valence-electron chi connectivity index (χ2n) is 6.29. The lowest BCUT2D eigenvalue weighted by Gasteiger charge is -2.29. The van der Waals surface area contributed by atoms with Crippen LogP contribution in [-0.4, -0.2) is 42.9 Å². The van der Waals surface area contributed by atoms with E-state index in [0.29, 0.717) is 17.6 Å². The number of carbonyl (C=O) groups excluding carboxylic acids is 2. The number of pyridine rings is 1. The molecule has 0 bridgehead atoms. The molecular weight excluding hydrogens is 352 g/mol. The number of benzene rings is 1. The van der Waals surface area contributed by atoms with Gasteiger partial charge in [-0.3, -0.25) is 14.6 Å². The summed E-state index contributed by atoms with van der Waals surface area (Å²) in [5.74, 6) is -0.614. The maximum Gasteiger partial charge on any atom is 0.223 e. The van der Waals surface area contributed by atoms with Gasteiger partial charge in [0.2, 0.25) is 5.78 Å². The minimum Gasteiger partial charge on any atom is -0.378 e. The van der Waals surface area contributed by atoms with Crippen molar-refractivity contribution in [1.29, 1.82) is 0 Å². The zero-order valence-electron chi connectivity index (χ0n) is 14.1. The molecule has 0 N–H and O–H groups in total. The van der Waals surface area contributed by atoms with Crippen molar-refractivity contribution in [3.8, 4) is 0 Å². The van der Waals surface area contributed by atoms with Crippen LogP contribution in [0.4, 0.5) is 5.69 Å². The Bertz CT molecular complexity index is 900. The van der Waals surface area contributed by atoms with Crippen molar-refractivity contribution in [2.24, 2.45) is 0 Å². The van der Waals surface area contributed by atoms with E-state index in [1.807, 2.05) is 24.3 Å². The molecule has 2 heterocycles. The predicted molar refractivity (Wildman–Crippen MR) is 99.0 cm³/mol. The van der Waals surface area contributed by atoms with Crippen LogP contribution < -0.4 is 4.90 Å². The van der Waals surface area contributed by atoms with Gasteiger partial charge in [-0.1, -0.05) is 23.7 Å². The monoisotopic (exact) mass is 368 g/mol. The van der Waals surface area contributed by atoms with E-state index < -0.39 is 0 Å². The number of hydrogen-bond acceptors (Lipinski definition) is 5. The van der Waals surface area contributed by atoms with Crippen molar-refractivity contribution in [2.75, 3.05) is 31.2 Å². The van der Waals surface area contributed by atoms with Gasteiger partial charge in [0.25, 0.3) is 0 Å². The molecule has 1 aromatic carbocycles. The molecule has 2 aliphatic rings. The lowest BCUT2D eigenvalue weighted by Crippen LogP contribution is -2.36. The van der Waals surface area contributed by atoms with Crippen LogP contribution in [0.15, 0.2) is 53.2 Å². The highest BCUT2D eigenvalue weighted by molar-refractivity contribution is 6.49. The molecule has 1 aliphatic carbocycles. The maximum atomic E-state index is 12.7. The number of fused-ring (bicyclic) bond motifs is 1. The molecule has 6 heteroatoms. The second-order valence-corrected chi connectivity index (χ2v) is 6.67. The molecular formula is C20H17ClN2O3. The first-order valence-electron chi connectivity index (χ1n) is 8.50. The Kier molecular flexibility index (Phi) is 4.57. The molecule has 1 fully saturated rings. The van der Waals surface area contributed by atoms with Gasteiger partial charge in [0, 0.05) is 37.0 Å². The van der Waals surface area contributed by atoms with Gasteiger partial charge in [-0.15, -0.1) is 0 Å². The highest BCUT2D eigenvalue weighted by Crippen LogP contribution is 2.29. The van der Waals surface area contributed by atoms with Gasteiger partial charge in [0.15, 0.2) is 5.78 Å². The Hall–Kier alpha value is -2.50. The summed E-state index contributed by atoms with van der Waals surface area (Å²) in [6, 6.07) is 11.3. The SMILES string of the molecule is O=C1C(Cc2ccc(N3CCOCC3)cc2)=C(Cl)C(=O)c2ncccc21. The molecule has 1 aliphatic heterocycles. The van der Waals surface area contributed by atoms with Crippen molar-refractivity contribution < 1.29 is 14.3 Å². The summed E-state index contributed by atoms with van der Waals surface area (Å²) in [5.41, 5.74) is 2.84. The molecule has 26 heavy (non-hydrogen) atoms. The molecule has 0 radical (unpaired) electrons. The number of nitrogens with zero attached hydrogens (tertiary/aromatic N) is 2. The zero-order valence-corrected chi connectivity index (χ0v) is 14.8. The third kappa shape index (κ3) is 3.04. The number of rotatable bonds is 3. The fourth-order valence-electron chi connectivity index (χ4n) is 3.28. The largest absolute Gasteiger partial charge is 0.378 e. The van der Waals surface area contributed by atoms with Crippen molar-refractivity contribution in [1.82, 2.24) is 4.98 Å². The summed E-state index contributed by atoms with van der Waals surface area (Å²) < 4.78 is 5.37. The van der Waals surface area contributed by atoms with Gasteiger partial charge in [0.05, 0.1) is 23.8 Å². The first-order valence-corrected chi connectivity index (χ1v) is 8.87. The molecule has 2 aromatic rings. The molecule has 1 saturated heterocycles. The fourth-order valence-corrected chi connectivity index (χ4v) is 3.52. The van der Waals surface area contributed by atoms with Gasteiger partial charge in [-0.2, -0.15) is 0 Å². The average molecular weight is 369 g/mol. The number of morpholine rings is 1. The first kappa shape index (κ1) is 16.9. The van der Waals surface area contributed by atoms with Gasteiger partial charge < -0.3 is 9.64 Å². The number of Topliss-reactive ketones (excluding diaryl/α,β-unsaturated/α-hetero) is 2. The lowest BCUT2D eigenvalue weighted by molar-refractivity contribution is 0.0975. The van der Waals surface area contributed by atoms with Crippen LogP contribution in [0.3, 0.4) is 0 Å². The van der Waals surface area contributed by atoms with Crippen LogP contribution in [-0.2, 0) is 11.2 Å². The van der Waals surface area contributed by atoms with E-state index in [4.69, 9.17) is 16.3 Å². The van der Waals surface area contributed by atoms with Gasteiger partial charge in [-0.05, 0) is 29.8 Å². The first-order chi connectivity index (χ1) is 12.6. The quantitative estimate of drug-likeness (QED) is 0.833. The molecule has 0 atom stereocenters. The summed E-state index contributed by atoms with van der Waals surface area (Å²) >= 11 is 6.21. The Morgan fingerprint density at radius 2 is 1.77 bits per heavy atom. The normalized spacial score (nSPS) is 17.5. The Morgan fingerprint density at radius 1 is 1.04 bits per heavy atom. The standard InChI is InChI=1S/C20H17ClN2O3/c21-17-16(19(24)15-2-1-7-22-18(15)20(17)25)12-13-3-5-14(6-4-13)23-8-10-26-11-9-23/h1-7H,8-12H2. The molecule has 1 aromatic heterocycles. The van der Waals surface area contributed by atoms with Crippen LogP contribution in [0.1, 0.15) is 26.4 Å². The summed E-state index contributed by atoms with van der Waals surface area (Å²) in [6.07, 6.45) is 1.81. The predicted octanol–water partition coefficient (Wildman–Crippen LogP) is 3.03. The van der Waals surface area contributed by atoms with Crippen LogP contribution in [0.2, 0.25) is 0 Å². The Labute approximate surface area is 156 Å². The minimum absolute atomic E-state index is 0.0292. The molecule has 4 rings (SSSR count). The summed E-state index contributed by atoms with van der Waals surface area (Å²) in [4.78, 5) is 31.4. The number of aromatic nitrogens is 1. The van der Waals surface area contributed by atoms with Crippen molar-refractivity contribution in [2.45, 2.75) is 6.42 Å². The third-order valence-electron chi connectivity index (χ3n) is 4.70. The second kappa shape index (κ2) is 7.02. The Balaban J connectivity index is 1.58. The molecule has 0 spiro atoms. The highest BCUT2D eigenvalue weighted by Gasteiger charge is 2.32. The van der Waals surface area contributed by atoms with Gasteiger partial charge in [-0.25, -0.2) is 0 Å². The van der Waals surface area contributed by atoms with E-state index >= 15 is 0 Å². The lowest BCUT2D eigenvalue weighted by atomic mass is 9.89. The van der Waals surface area contributed by atoms with Crippen molar-refractivity contribution >= 4 is 28.9 Å².